The average Bonchev–Trinajstić information content (AvgIpc) is 2.55. The van der Waals surface area contributed by atoms with Crippen molar-refractivity contribution in [2.75, 3.05) is 18.0 Å². The number of carbonyl (C=O) groups is 1. The van der Waals surface area contributed by atoms with Crippen molar-refractivity contribution in [3.05, 3.63) is 69.8 Å². The van der Waals surface area contributed by atoms with Gasteiger partial charge < -0.3 is 4.90 Å². The fourth-order valence-electron chi connectivity index (χ4n) is 2.77. The number of non-ortho nitro benzene ring substituents is 1. The first-order chi connectivity index (χ1) is 10.6. The van der Waals surface area contributed by atoms with Gasteiger partial charge >= 0.3 is 0 Å². The largest absolute Gasteiger partial charge is 0.370 e. The van der Waals surface area contributed by atoms with Crippen molar-refractivity contribution in [1.82, 2.24) is 0 Å². The lowest BCUT2D eigenvalue weighted by Gasteiger charge is -2.30. The highest BCUT2D eigenvalue weighted by Crippen LogP contribution is 2.30. The molecule has 0 fully saturated rings. The van der Waals surface area contributed by atoms with E-state index in [9.17, 15) is 14.9 Å². The minimum Gasteiger partial charge on any atom is -0.370 e. The molecule has 2 aromatic carbocycles. The van der Waals surface area contributed by atoms with Gasteiger partial charge in [0.15, 0.2) is 5.78 Å². The van der Waals surface area contributed by atoms with Crippen molar-refractivity contribution in [3.8, 4) is 0 Å². The van der Waals surface area contributed by atoms with E-state index in [0.29, 0.717) is 18.5 Å². The Morgan fingerprint density at radius 3 is 2.64 bits per heavy atom. The Bertz CT molecular complexity index is 713. The van der Waals surface area contributed by atoms with Crippen LogP contribution in [-0.2, 0) is 6.42 Å². The Balaban J connectivity index is 1.82. The van der Waals surface area contributed by atoms with Gasteiger partial charge in [0.25, 0.3) is 5.69 Å². The summed E-state index contributed by atoms with van der Waals surface area (Å²) in [6.45, 7) is 1.46. The second kappa shape index (κ2) is 5.97. The van der Waals surface area contributed by atoms with Crippen LogP contribution in [0.2, 0.25) is 0 Å². The van der Waals surface area contributed by atoms with Crippen LogP contribution in [0.5, 0.6) is 0 Å². The van der Waals surface area contributed by atoms with Gasteiger partial charge in [-0.1, -0.05) is 30.3 Å². The lowest BCUT2D eigenvalue weighted by molar-refractivity contribution is -0.384. The first kappa shape index (κ1) is 14.3. The molecule has 1 aliphatic rings. The van der Waals surface area contributed by atoms with E-state index >= 15 is 0 Å². The van der Waals surface area contributed by atoms with E-state index in [-0.39, 0.29) is 11.5 Å². The number of rotatable bonds is 4. The fourth-order valence-corrected chi connectivity index (χ4v) is 2.77. The van der Waals surface area contributed by atoms with Crippen molar-refractivity contribution < 1.29 is 9.72 Å². The van der Waals surface area contributed by atoms with Gasteiger partial charge in [0, 0.05) is 42.9 Å². The molecule has 0 atom stereocenters. The molecule has 0 unspecified atom stereocenters. The number of nitro groups is 1. The molecule has 0 N–H and O–H groups in total. The Labute approximate surface area is 128 Å². The number of Topliss-reactive ketones (excluding diaryl/α,β-unsaturated/α-hetero) is 1. The van der Waals surface area contributed by atoms with Gasteiger partial charge in [-0.3, -0.25) is 14.9 Å². The molecule has 0 saturated heterocycles. The molecule has 0 bridgehead atoms. The van der Waals surface area contributed by atoms with Crippen LogP contribution in [0.1, 0.15) is 22.3 Å². The van der Waals surface area contributed by atoms with E-state index in [2.05, 4.69) is 17.0 Å². The molecule has 5 heteroatoms. The van der Waals surface area contributed by atoms with Crippen LogP contribution in [0.3, 0.4) is 0 Å². The molecule has 0 amide bonds. The van der Waals surface area contributed by atoms with Crippen LogP contribution in [0.4, 0.5) is 11.4 Å². The van der Waals surface area contributed by atoms with E-state index in [1.807, 2.05) is 18.2 Å². The minimum absolute atomic E-state index is 0.0188. The van der Waals surface area contributed by atoms with Crippen LogP contribution >= 0.6 is 0 Å². The zero-order valence-electron chi connectivity index (χ0n) is 12.1. The first-order valence-electron chi connectivity index (χ1n) is 7.25. The maximum Gasteiger partial charge on any atom is 0.270 e. The van der Waals surface area contributed by atoms with Crippen LogP contribution < -0.4 is 4.90 Å². The predicted molar refractivity (Wildman–Crippen MR) is 84.4 cm³/mol. The maximum absolute atomic E-state index is 12.0. The summed E-state index contributed by atoms with van der Waals surface area (Å²) in [5, 5.41) is 10.9. The van der Waals surface area contributed by atoms with Gasteiger partial charge in [-0.05, 0) is 18.1 Å². The molecule has 3 rings (SSSR count). The third-order valence-corrected chi connectivity index (χ3v) is 3.95. The number of nitro benzene ring substituents is 1. The lowest BCUT2D eigenvalue weighted by atomic mass is 9.99. The summed E-state index contributed by atoms with van der Waals surface area (Å²) < 4.78 is 0. The third-order valence-electron chi connectivity index (χ3n) is 3.95. The number of benzene rings is 2. The predicted octanol–water partition coefficient (Wildman–Crippen LogP) is 3.23. The van der Waals surface area contributed by atoms with E-state index in [1.165, 1.54) is 17.7 Å². The summed E-state index contributed by atoms with van der Waals surface area (Å²) in [6.07, 6.45) is 1.29. The molecule has 2 aromatic rings. The number of ketones is 1. The summed E-state index contributed by atoms with van der Waals surface area (Å²) in [6, 6.07) is 14.7. The molecule has 0 aromatic heterocycles. The van der Waals surface area contributed by atoms with Crippen molar-refractivity contribution in [2.45, 2.75) is 12.8 Å². The van der Waals surface area contributed by atoms with Crippen LogP contribution in [0.15, 0.2) is 48.5 Å². The van der Waals surface area contributed by atoms with E-state index in [4.69, 9.17) is 0 Å². The number of nitrogens with zero attached hydrogens (tertiary/aromatic N) is 2. The number of carbonyl (C=O) groups excluding carboxylic acids is 1. The van der Waals surface area contributed by atoms with Gasteiger partial charge in [0.05, 0.1) is 4.92 Å². The van der Waals surface area contributed by atoms with Gasteiger partial charge in [-0.25, -0.2) is 0 Å². The SMILES string of the molecule is O=C1CCN(CCc2ccccc2)c2ccc([N+](=O)[O-])cc21. The minimum atomic E-state index is -0.462. The molecule has 22 heavy (non-hydrogen) atoms. The molecule has 0 aliphatic carbocycles. The quantitative estimate of drug-likeness (QED) is 0.642. The molecular formula is C17H16N2O3. The molecule has 0 radical (unpaired) electrons. The average molecular weight is 296 g/mol. The summed E-state index contributed by atoms with van der Waals surface area (Å²) in [7, 11) is 0. The Hall–Kier alpha value is -2.69. The Morgan fingerprint density at radius 1 is 1.14 bits per heavy atom. The van der Waals surface area contributed by atoms with Gasteiger partial charge in [0.1, 0.15) is 0 Å². The molecule has 112 valence electrons. The Kier molecular flexibility index (Phi) is 3.87. The highest BCUT2D eigenvalue weighted by atomic mass is 16.6. The lowest BCUT2D eigenvalue weighted by Crippen LogP contribution is -2.33. The van der Waals surface area contributed by atoms with Crippen molar-refractivity contribution in [3.63, 3.8) is 0 Å². The summed E-state index contributed by atoms with van der Waals surface area (Å²) in [5.41, 5.74) is 2.48. The highest BCUT2D eigenvalue weighted by molar-refractivity contribution is 6.03. The number of hydrogen-bond acceptors (Lipinski definition) is 4. The van der Waals surface area contributed by atoms with Crippen molar-refractivity contribution in [1.29, 1.82) is 0 Å². The molecule has 0 spiro atoms. The van der Waals surface area contributed by atoms with E-state index in [0.717, 1.165) is 18.7 Å². The number of anilines is 1. The van der Waals surface area contributed by atoms with Crippen LogP contribution in [0, 0.1) is 10.1 Å². The van der Waals surface area contributed by atoms with Crippen LogP contribution in [-0.4, -0.2) is 23.8 Å². The first-order valence-corrected chi connectivity index (χ1v) is 7.25. The maximum atomic E-state index is 12.0. The summed E-state index contributed by atoms with van der Waals surface area (Å²) in [4.78, 5) is 24.6. The van der Waals surface area contributed by atoms with Crippen LogP contribution in [0.25, 0.3) is 0 Å². The van der Waals surface area contributed by atoms with Gasteiger partial charge in [-0.15, -0.1) is 0 Å². The molecule has 5 nitrogen and oxygen atoms in total. The monoisotopic (exact) mass is 296 g/mol. The van der Waals surface area contributed by atoms with Gasteiger partial charge in [0.2, 0.25) is 0 Å². The molecular weight excluding hydrogens is 280 g/mol. The molecule has 1 heterocycles. The highest BCUT2D eigenvalue weighted by Gasteiger charge is 2.25. The normalized spacial score (nSPS) is 13.8. The Morgan fingerprint density at radius 2 is 1.91 bits per heavy atom. The standard InChI is InChI=1S/C17H16N2O3/c20-17-9-11-18(10-8-13-4-2-1-3-5-13)16-7-6-14(19(21)22)12-15(16)17/h1-7,12H,8-11H2. The zero-order chi connectivity index (χ0) is 15.5. The zero-order valence-corrected chi connectivity index (χ0v) is 12.1. The summed E-state index contributed by atoms with van der Waals surface area (Å²) >= 11 is 0. The molecule has 0 saturated carbocycles. The summed E-state index contributed by atoms with van der Waals surface area (Å²) in [5.74, 6) is -0.0188. The van der Waals surface area contributed by atoms with E-state index < -0.39 is 4.92 Å². The van der Waals surface area contributed by atoms with Crippen molar-refractivity contribution in [2.24, 2.45) is 0 Å². The number of hydrogen-bond donors (Lipinski definition) is 0. The third kappa shape index (κ3) is 2.83. The fraction of sp³-hybridized carbons (Fsp3) is 0.235. The number of fused-ring (bicyclic) bond motifs is 1. The second-order valence-electron chi connectivity index (χ2n) is 5.35. The second-order valence-corrected chi connectivity index (χ2v) is 5.35. The van der Waals surface area contributed by atoms with Gasteiger partial charge in [-0.2, -0.15) is 0 Å². The van der Waals surface area contributed by atoms with Crippen molar-refractivity contribution >= 4 is 17.2 Å². The topological polar surface area (TPSA) is 63.5 Å². The smallest absolute Gasteiger partial charge is 0.270 e. The van der Waals surface area contributed by atoms with E-state index in [1.54, 1.807) is 6.07 Å². The molecule has 1 aliphatic heterocycles.